The standard InChI is InChI=1S/C21H21N5O/c1-15-8-9-26-20(10-15)19(12-23-26)21(27)24-16(2)18-11-22-25(14-18)13-17-6-4-3-5-7-17/h3-12,14,16H,13H2,1-2H3,(H,24,27). The van der Waals surface area contributed by atoms with E-state index in [1.165, 1.54) is 5.56 Å². The molecule has 1 aromatic carbocycles. The fourth-order valence-corrected chi connectivity index (χ4v) is 3.08. The Morgan fingerprint density at radius 2 is 1.96 bits per heavy atom. The maximum Gasteiger partial charge on any atom is 0.255 e. The van der Waals surface area contributed by atoms with Gasteiger partial charge in [0.2, 0.25) is 0 Å². The molecule has 0 fully saturated rings. The normalized spacial score (nSPS) is 12.2. The van der Waals surface area contributed by atoms with Gasteiger partial charge < -0.3 is 5.32 Å². The van der Waals surface area contributed by atoms with E-state index in [9.17, 15) is 4.79 Å². The first-order chi connectivity index (χ1) is 13.1. The average molecular weight is 359 g/mol. The van der Waals surface area contributed by atoms with Gasteiger partial charge in [-0.05, 0) is 37.1 Å². The molecule has 1 N–H and O–H groups in total. The summed E-state index contributed by atoms with van der Waals surface area (Å²) in [6.07, 6.45) is 7.24. The molecule has 0 saturated carbocycles. The predicted molar refractivity (Wildman–Crippen MR) is 104 cm³/mol. The van der Waals surface area contributed by atoms with Crippen molar-refractivity contribution in [2.75, 3.05) is 0 Å². The van der Waals surface area contributed by atoms with Crippen molar-refractivity contribution in [3.63, 3.8) is 0 Å². The van der Waals surface area contributed by atoms with E-state index in [1.54, 1.807) is 16.9 Å². The molecular weight excluding hydrogens is 338 g/mol. The summed E-state index contributed by atoms with van der Waals surface area (Å²) in [5.41, 5.74) is 4.62. The first kappa shape index (κ1) is 17.0. The number of amides is 1. The van der Waals surface area contributed by atoms with Gasteiger partial charge in [-0.15, -0.1) is 0 Å². The van der Waals surface area contributed by atoms with Gasteiger partial charge in [0, 0.05) is 18.0 Å². The molecule has 6 nitrogen and oxygen atoms in total. The summed E-state index contributed by atoms with van der Waals surface area (Å²) in [5.74, 6) is -0.140. The number of nitrogens with zero attached hydrogens (tertiary/aromatic N) is 4. The minimum Gasteiger partial charge on any atom is -0.345 e. The second-order valence-electron chi connectivity index (χ2n) is 6.74. The first-order valence-electron chi connectivity index (χ1n) is 8.91. The van der Waals surface area contributed by atoms with Crippen LogP contribution in [0.4, 0.5) is 0 Å². The van der Waals surface area contributed by atoms with Crippen molar-refractivity contribution in [2.24, 2.45) is 0 Å². The van der Waals surface area contributed by atoms with Crippen molar-refractivity contribution in [1.82, 2.24) is 24.7 Å². The maximum atomic E-state index is 12.7. The zero-order valence-electron chi connectivity index (χ0n) is 15.3. The number of hydrogen-bond acceptors (Lipinski definition) is 3. The Labute approximate surface area is 157 Å². The van der Waals surface area contributed by atoms with E-state index in [1.807, 2.05) is 61.3 Å². The van der Waals surface area contributed by atoms with Gasteiger partial charge >= 0.3 is 0 Å². The number of carbonyl (C=O) groups is 1. The zero-order valence-corrected chi connectivity index (χ0v) is 15.3. The monoisotopic (exact) mass is 359 g/mol. The van der Waals surface area contributed by atoms with Gasteiger partial charge in [-0.2, -0.15) is 10.2 Å². The molecular formula is C21H21N5O. The Hall–Kier alpha value is -3.41. The van der Waals surface area contributed by atoms with Gasteiger partial charge in [-0.1, -0.05) is 30.3 Å². The molecule has 3 heterocycles. The molecule has 136 valence electrons. The second kappa shape index (κ2) is 7.07. The fourth-order valence-electron chi connectivity index (χ4n) is 3.08. The van der Waals surface area contributed by atoms with Crippen molar-refractivity contribution in [2.45, 2.75) is 26.4 Å². The number of carbonyl (C=O) groups excluding carboxylic acids is 1. The zero-order chi connectivity index (χ0) is 18.8. The van der Waals surface area contributed by atoms with Crippen LogP contribution in [0, 0.1) is 6.92 Å². The van der Waals surface area contributed by atoms with Gasteiger partial charge in [0.05, 0.1) is 36.1 Å². The largest absolute Gasteiger partial charge is 0.345 e. The number of rotatable bonds is 5. The summed E-state index contributed by atoms with van der Waals surface area (Å²) >= 11 is 0. The molecule has 4 aromatic rings. The quantitative estimate of drug-likeness (QED) is 0.594. The van der Waals surface area contributed by atoms with Crippen LogP contribution in [0.25, 0.3) is 5.52 Å². The highest BCUT2D eigenvalue weighted by Crippen LogP contribution is 2.16. The SMILES string of the molecule is Cc1ccn2ncc(C(=O)NC(C)c3cnn(Cc4ccccc4)c3)c2c1. The molecule has 4 rings (SSSR count). The predicted octanol–water partition coefficient (Wildman–Crippen LogP) is 3.38. The Bertz CT molecular complexity index is 1080. The van der Waals surface area contributed by atoms with Crippen LogP contribution in [0.15, 0.2) is 67.3 Å². The Kier molecular flexibility index (Phi) is 4.46. The lowest BCUT2D eigenvalue weighted by molar-refractivity contribution is 0.0941. The van der Waals surface area contributed by atoms with Crippen LogP contribution >= 0.6 is 0 Å². The van der Waals surface area contributed by atoms with Gasteiger partial charge in [0.25, 0.3) is 5.91 Å². The van der Waals surface area contributed by atoms with Gasteiger partial charge in [-0.3, -0.25) is 9.48 Å². The number of hydrogen-bond donors (Lipinski definition) is 1. The van der Waals surface area contributed by atoms with Crippen LogP contribution in [0.5, 0.6) is 0 Å². The lowest BCUT2D eigenvalue weighted by Crippen LogP contribution is -2.26. The molecule has 0 saturated heterocycles. The van der Waals surface area contributed by atoms with Crippen LogP contribution < -0.4 is 5.32 Å². The molecule has 0 bridgehead atoms. The highest BCUT2D eigenvalue weighted by atomic mass is 16.1. The third-order valence-electron chi connectivity index (χ3n) is 4.61. The number of fused-ring (bicyclic) bond motifs is 1. The van der Waals surface area contributed by atoms with Crippen molar-refractivity contribution >= 4 is 11.4 Å². The van der Waals surface area contributed by atoms with Gasteiger partial charge in [-0.25, -0.2) is 4.52 Å². The van der Waals surface area contributed by atoms with E-state index in [-0.39, 0.29) is 11.9 Å². The van der Waals surface area contributed by atoms with Gasteiger partial charge in [0.1, 0.15) is 0 Å². The van der Waals surface area contributed by atoms with E-state index in [0.717, 1.165) is 16.6 Å². The molecule has 0 aliphatic rings. The first-order valence-corrected chi connectivity index (χ1v) is 8.91. The van der Waals surface area contributed by atoms with Crippen molar-refractivity contribution in [1.29, 1.82) is 0 Å². The van der Waals surface area contributed by atoms with Crippen molar-refractivity contribution in [3.05, 3.63) is 89.5 Å². The third kappa shape index (κ3) is 3.60. The summed E-state index contributed by atoms with van der Waals surface area (Å²) in [6.45, 7) is 4.66. The summed E-state index contributed by atoms with van der Waals surface area (Å²) in [4.78, 5) is 12.7. The Morgan fingerprint density at radius 3 is 2.78 bits per heavy atom. The van der Waals surface area contributed by atoms with Crippen molar-refractivity contribution in [3.8, 4) is 0 Å². The maximum absolute atomic E-state index is 12.7. The minimum atomic E-state index is -0.151. The third-order valence-corrected chi connectivity index (χ3v) is 4.61. The topological polar surface area (TPSA) is 64.2 Å². The van der Waals surface area contributed by atoms with E-state index < -0.39 is 0 Å². The molecule has 1 amide bonds. The minimum absolute atomic E-state index is 0.140. The molecule has 0 spiro atoms. The van der Waals surface area contributed by atoms with Crippen LogP contribution in [0.1, 0.15) is 40.0 Å². The number of aryl methyl sites for hydroxylation is 1. The number of aromatic nitrogens is 4. The molecule has 0 aliphatic carbocycles. The molecule has 0 aliphatic heterocycles. The highest BCUT2D eigenvalue weighted by molar-refractivity contribution is 6.00. The lowest BCUT2D eigenvalue weighted by Gasteiger charge is -2.11. The van der Waals surface area contributed by atoms with Crippen molar-refractivity contribution < 1.29 is 4.79 Å². The second-order valence-corrected chi connectivity index (χ2v) is 6.74. The van der Waals surface area contributed by atoms with E-state index in [2.05, 4.69) is 27.6 Å². The Morgan fingerprint density at radius 1 is 1.15 bits per heavy atom. The Balaban J connectivity index is 1.48. The number of pyridine rings is 1. The molecule has 6 heteroatoms. The molecule has 3 aromatic heterocycles. The smallest absolute Gasteiger partial charge is 0.255 e. The highest BCUT2D eigenvalue weighted by Gasteiger charge is 2.17. The van der Waals surface area contributed by atoms with Crippen LogP contribution in [0.2, 0.25) is 0 Å². The summed E-state index contributed by atoms with van der Waals surface area (Å²) in [7, 11) is 0. The molecule has 1 atom stereocenters. The van der Waals surface area contributed by atoms with E-state index in [4.69, 9.17) is 0 Å². The van der Waals surface area contributed by atoms with E-state index >= 15 is 0 Å². The van der Waals surface area contributed by atoms with Crippen LogP contribution in [0.3, 0.4) is 0 Å². The number of nitrogens with one attached hydrogen (secondary N) is 1. The average Bonchev–Trinajstić information content (AvgIpc) is 3.29. The molecule has 27 heavy (non-hydrogen) atoms. The van der Waals surface area contributed by atoms with E-state index in [0.29, 0.717) is 12.1 Å². The van der Waals surface area contributed by atoms with Crippen LogP contribution in [-0.2, 0) is 6.54 Å². The summed E-state index contributed by atoms with van der Waals surface area (Å²) in [5, 5.41) is 11.7. The molecule has 0 radical (unpaired) electrons. The van der Waals surface area contributed by atoms with Gasteiger partial charge in [0.15, 0.2) is 0 Å². The summed E-state index contributed by atoms with van der Waals surface area (Å²) < 4.78 is 3.59. The number of benzene rings is 1. The van der Waals surface area contributed by atoms with Crippen LogP contribution in [-0.4, -0.2) is 25.3 Å². The lowest BCUT2D eigenvalue weighted by atomic mass is 10.1. The fraction of sp³-hybridized carbons (Fsp3) is 0.190. The molecule has 1 unspecified atom stereocenters. The summed E-state index contributed by atoms with van der Waals surface area (Å²) in [6, 6.07) is 13.9.